The summed E-state index contributed by atoms with van der Waals surface area (Å²) in [5, 5.41) is 5.50. The molecule has 1 aliphatic heterocycles. The molecule has 0 radical (unpaired) electrons. The number of imide groups is 1. The lowest BCUT2D eigenvalue weighted by atomic mass is 10.1. The number of nitrogens with one attached hydrogen (secondary N) is 2. The molecule has 3 aromatic rings. The van der Waals surface area contributed by atoms with Crippen LogP contribution in [0.25, 0.3) is 0 Å². The van der Waals surface area contributed by atoms with Crippen LogP contribution in [0.4, 0.5) is 5.69 Å². The Labute approximate surface area is 191 Å². The molecule has 0 saturated carbocycles. The summed E-state index contributed by atoms with van der Waals surface area (Å²) in [5.41, 5.74) is 2.10. The molecule has 1 aromatic heterocycles. The number of halogens is 1. The molecule has 0 saturated heterocycles. The van der Waals surface area contributed by atoms with Crippen LogP contribution >= 0.6 is 15.9 Å². The molecule has 9 heteroatoms. The van der Waals surface area contributed by atoms with E-state index in [9.17, 15) is 19.2 Å². The summed E-state index contributed by atoms with van der Waals surface area (Å²) >= 11 is 3.28. The van der Waals surface area contributed by atoms with Gasteiger partial charge >= 0.3 is 0 Å². The first-order valence-electron chi connectivity index (χ1n) is 9.66. The number of fused-ring (bicyclic) bond motifs is 1. The number of hydrogen-bond donors (Lipinski definition) is 2. The maximum atomic E-state index is 12.6. The summed E-state index contributed by atoms with van der Waals surface area (Å²) in [5.74, 6) is -1.84. The highest BCUT2D eigenvalue weighted by Gasteiger charge is 2.36. The molecule has 0 aliphatic carbocycles. The number of pyridine rings is 1. The zero-order valence-electron chi connectivity index (χ0n) is 16.7. The predicted octanol–water partition coefficient (Wildman–Crippen LogP) is 3.01. The normalized spacial score (nSPS) is 12.5. The molecule has 0 spiro atoms. The third-order valence-corrected chi connectivity index (χ3v) is 5.38. The number of rotatable bonds is 6. The second kappa shape index (κ2) is 9.11. The van der Waals surface area contributed by atoms with Gasteiger partial charge in [-0.15, -0.1) is 0 Å². The van der Waals surface area contributed by atoms with Gasteiger partial charge in [0.2, 0.25) is 5.91 Å². The van der Waals surface area contributed by atoms with Crippen molar-refractivity contribution in [3.05, 3.63) is 93.7 Å². The number of amides is 4. The first-order valence-corrected chi connectivity index (χ1v) is 10.4. The van der Waals surface area contributed by atoms with Crippen LogP contribution in [-0.4, -0.2) is 40.1 Å². The summed E-state index contributed by atoms with van der Waals surface area (Å²) in [6, 6.07) is 15.1. The number of nitrogens with zero attached hydrogens (tertiary/aromatic N) is 2. The number of benzene rings is 2. The van der Waals surface area contributed by atoms with E-state index in [4.69, 9.17) is 0 Å². The number of para-hydroxylation sites is 1. The molecule has 1 aliphatic rings. The largest absolute Gasteiger partial charge is 0.348 e. The molecule has 8 nitrogen and oxygen atoms in total. The molecule has 32 heavy (non-hydrogen) atoms. The maximum Gasteiger partial charge on any atom is 0.262 e. The van der Waals surface area contributed by atoms with Crippen LogP contribution in [0.3, 0.4) is 0 Å². The molecular weight excluding hydrogens is 476 g/mol. The van der Waals surface area contributed by atoms with E-state index in [1.807, 2.05) is 0 Å². The number of hydrogen-bond acceptors (Lipinski definition) is 5. The van der Waals surface area contributed by atoms with Crippen molar-refractivity contribution < 1.29 is 19.2 Å². The first kappa shape index (κ1) is 21.4. The highest BCUT2D eigenvalue weighted by atomic mass is 79.9. The molecule has 4 rings (SSSR count). The Balaban J connectivity index is 1.42. The highest BCUT2D eigenvalue weighted by molar-refractivity contribution is 9.10. The van der Waals surface area contributed by atoms with Gasteiger partial charge in [-0.05, 0) is 42.0 Å². The van der Waals surface area contributed by atoms with Crippen LogP contribution in [0, 0.1) is 0 Å². The van der Waals surface area contributed by atoms with Gasteiger partial charge in [0.15, 0.2) is 0 Å². The Bertz CT molecular complexity index is 1230. The van der Waals surface area contributed by atoms with Gasteiger partial charge < -0.3 is 10.6 Å². The summed E-state index contributed by atoms with van der Waals surface area (Å²) in [4.78, 5) is 54.8. The average molecular weight is 493 g/mol. The van der Waals surface area contributed by atoms with E-state index in [0.29, 0.717) is 21.3 Å². The monoisotopic (exact) mass is 492 g/mol. The topological polar surface area (TPSA) is 108 Å². The molecule has 2 heterocycles. The van der Waals surface area contributed by atoms with E-state index in [2.05, 4.69) is 31.5 Å². The molecule has 0 bridgehead atoms. The molecule has 160 valence electrons. The lowest BCUT2D eigenvalue weighted by Crippen LogP contribution is -2.37. The fourth-order valence-corrected chi connectivity index (χ4v) is 3.67. The lowest BCUT2D eigenvalue weighted by molar-refractivity contribution is -0.116. The van der Waals surface area contributed by atoms with Crippen LogP contribution in [0.1, 0.15) is 36.6 Å². The van der Waals surface area contributed by atoms with Gasteiger partial charge in [0.25, 0.3) is 17.7 Å². The standard InChI is InChI=1S/C23H17BrN4O4/c24-16-7-8-17-18(10-16)23(32)28(22(17)31)13-20(29)27-19-6-2-1-4-14(19)12-26-21(30)15-5-3-9-25-11-15/h1-11H,12-13H2,(H,26,30)(H,27,29). The van der Waals surface area contributed by atoms with Crippen molar-refractivity contribution in [2.45, 2.75) is 6.54 Å². The fourth-order valence-electron chi connectivity index (χ4n) is 3.31. The van der Waals surface area contributed by atoms with E-state index in [1.54, 1.807) is 60.8 Å². The van der Waals surface area contributed by atoms with Crippen LogP contribution in [0.15, 0.2) is 71.5 Å². The number of carbonyl (C=O) groups is 4. The second-order valence-electron chi connectivity index (χ2n) is 7.02. The smallest absolute Gasteiger partial charge is 0.262 e. The highest BCUT2D eigenvalue weighted by Crippen LogP contribution is 2.26. The maximum absolute atomic E-state index is 12.6. The van der Waals surface area contributed by atoms with E-state index in [0.717, 1.165) is 4.90 Å². The summed E-state index contributed by atoms with van der Waals surface area (Å²) < 4.78 is 0.672. The SMILES string of the molecule is O=C(CN1C(=O)c2ccc(Br)cc2C1=O)Nc1ccccc1CNC(=O)c1cccnc1. The van der Waals surface area contributed by atoms with Crippen LogP contribution < -0.4 is 10.6 Å². The third kappa shape index (κ3) is 4.42. The van der Waals surface area contributed by atoms with Crippen molar-refractivity contribution in [1.82, 2.24) is 15.2 Å². The molecule has 2 N–H and O–H groups in total. The van der Waals surface area contributed by atoms with E-state index >= 15 is 0 Å². The van der Waals surface area contributed by atoms with Gasteiger partial charge in [0.05, 0.1) is 16.7 Å². The summed E-state index contributed by atoms with van der Waals surface area (Å²) in [7, 11) is 0. The quantitative estimate of drug-likeness (QED) is 0.514. The van der Waals surface area contributed by atoms with Crippen molar-refractivity contribution in [1.29, 1.82) is 0 Å². The van der Waals surface area contributed by atoms with Gasteiger partial charge in [-0.2, -0.15) is 0 Å². The van der Waals surface area contributed by atoms with E-state index in [-0.39, 0.29) is 23.6 Å². The zero-order valence-corrected chi connectivity index (χ0v) is 18.3. The number of anilines is 1. The Kier molecular flexibility index (Phi) is 6.09. The molecule has 2 aromatic carbocycles. The van der Waals surface area contributed by atoms with E-state index < -0.39 is 24.3 Å². The van der Waals surface area contributed by atoms with Crippen LogP contribution in [-0.2, 0) is 11.3 Å². The zero-order chi connectivity index (χ0) is 22.7. The Hall–Kier alpha value is -3.85. The molecule has 0 fully saturated rings. The van der Waals surface area contributed by atoms with Crippen molar-refractivity contribution >= 4 is 45.2 Å². The Morgan fingerprint density at radius 2 is 1.75 bits per heavy atom. The Morgan fingerprint density at radius 3 is 2.53 bits per heavy atom. The fraction of sp³-hybridized carbons (Fsp3) is 0.0870. The van der Waals surface area contributed by atoms with Crippen LogP contribution in [0.5, 0.6) is 0 Å². The van der Waals surface area contributed by atoms with Gasteiger partial charge in [-0.25, -0.2) is 0 Å². The van der Waals surface area contributed by atoms with Gasteiger partial charge in [0.1, 0.15) is 6.54 Å². The Morgan fingerprint density at radius 1 is 0.969 bits per heavy atom. The van der Waals surface area contributed by atoms with Crippen molar-refractivity contribution in [2.75, 3.05) is 11.9 Å². The summed E-state index contributed by atoms with van der Waals surface area (Å²) in [6.45, 7) is -0.244. The third-order valence-electron chi connectivity index (χ3n) is 4.89. The predicted molar refractivity (Wildman–Crippen MR) is 120 cm³/mol. The number of carbonyl (C=O) groups excluding carboxylic acids is 4. The van der Waals surface area contributed by atoms with Crippen LogP contribution in [0.2, 0.25) is 0 Å². The molecule has 0 atom stereocenters. The van der Waals surface area contributed by atoms with Crippen molar-refractivity contribution in [3.63, 3.8) is 0 Å². The molecular formula is C23H17BrN4O4. The first-order chi connectivity index (χ1) is 15.4. The number of aromatic nitrogens is 1. The van der Waals surface area contributed by atoms with Gasteiger partial charge in [0, 0.05) is 29.1 Å². The minimum Gasteiger partial charge on any atom is -0.348 e. The summed E-state index contributed by atoms with van der Waals surface area (Å²) in [6.07, 6.45) is 3.04. The van der Waals surface area contributed by atoms with Gasteiger partial charge in [-0.1, -0.05) is 34.1 Å². The van der Waals surface area contributed by atoms with Crippen molar-refractivity contribution in [2.24, 2.45) is 0 Å². The van der Waals surface area contributed by atoms with Crippen molar-refractivity contribution in [3.8, 4) is 0 Å². The average Bonchev–Trinajstić information content (AvgIpc) is 3.03. The van der Waals surface area contributed by atoms with Gasteiger partial charge in [-0.3, -0.25) is 29.1 Å². The molecule has 4 amide bonds. The minimum atomic E-state index is -0.524. The minimum absolute atomic E-state index is 0.172. The second-order valence-corrected chi connectivity index (χ2v) is 7.93. The van der Waals surface area contributed by atoms with E-state index in [1.165, 1.54) is 6.20 Å². The molecule has 0 unspecified atom stereocenters. The lowest BCUT2D eigenvalue weighted by Gasteiger charge is -2.15.